The van der Waals surface area contributed by atoms with Crippen molar-refractivity contribution < 1.29 is 24.0 Å². The van der Waals surface area contributed by atoms with Crippen molar-refractivity contribution in [2.24, 2.45) is 0 Å². The van der Waals surface area contributed by atoms with Crippen molar-refractivity contribution in [3.05, 3.63) is 69.8 Å². The Morgan fingerprint density at radius 1 is 1.21 bits per heavy atom. The van der Waals surface area contributed by atoms with Crippen molar-refractivity contribution in [1.29, 1.82) is 0 Å². The molecule has 29 heavy (non-hydrogen) atoms. The molecular weight excluding hydrogens is 376 g/mol. The minimum atomic E-state index is -1.01. The highest BCUT2D eigenvalue weighted by atomic mass is 16.6. The van der Waals surface area contributed by atoms with Gasteiger partial charge in [-0.15, -0.1) is 0 Å². The number of benzene rings is 2. The van der Waals surface area contributed by atoms with E-state index in [4.69, 9.17) is 9.47 Å². The van der Waals surface area contributed by atoms with Gasteiger partial charge >= 0.3 is 11.7 Å². The molecule has 0 heterocycles. The predicted molar refractivity (Wildman–Crippen MR) is 104 cm³/mol. The van der Waals surface area contributed by atoms with Gasteiger partial charge in [0.2, 0.25) is 0 Å². The van der Waals surface area contributed by atoms with Crippen LogP contribution in [-0.4, -0.2) is 29.5 Å². The maximum absolute atomic E-state index is 12.5. The second-order valence-corrected chi connectivity index (χ2v) is 6.80. The summed E-state index contributed by atoms with van der Waals surface area (Å²) in [5.74, 6) is -1.22. The maximum atomic E-state index is 12.5. The van der Waals surface area contributed by atoms with E-state index in [9.17, 15) is 19.7 Å². The smallest absolute Gasteiger partial charge is 0.344 e. The molecule has 2 atom stereocenters. The highest BCUT2D eigenvalue weighted by molar-refractivity contribution is 5.84. The Kier molecular flexibility index (Phi) is 6.43. The third-order valence-electron chi connectivity index (χ3n) is 4.77. The van der Waals surface area contributed by atoms with Crippen LogP contribution in [0.15, 0.2) is 48.5 Å². The van der Waals surface area contributed by atoms with Gasteiger partial charge in [-0.1, -0.05) is 36.4 Å². The molecule has 1 N–H and O–H groups in total. The van der Waals surface area contributed by atoms with Gasteiger partial charge in [-0.3, -0.25) is 14.9 Å². The third-order valence-corrected chi connectivity index (χ3v) is 4.77. The first-order valence-electron chi connectivity index (χ1n) is 9.39. The van der Waals surface area contributed by atoms with E-state index in [0.717, 1.165) is 24.8 Å². The summed E-state index contributed by atoms with van der Waals surface area (Å²) in [5, 5.41) is 13.9. The summed E-state index contributed by atoms with van der Waals surface area (Å²) < 4.78 is 10.3. The lowest BCUT2D eigenvalue weighted by Gasteiger charge is -2.27. The minimum Gasteiger partial charge on any atom is -0.475 e. The number of nitro groups is 1. The number of fused-ring (bicyclic) bond motifs is 1. The SMILES string of the molecule is C[C@H](OC(=O)COc1ccccc1[N+](=O)[O-])C(=O)N[C@H]1CCCc2ccccc21. The molecule has 0 aliphatic heterocycles. The normalized spacial score (nSPS) is 16.2. The van der Waals surface area contributed by atoms with E-state index in [1.165, 1.54) is 30.7 Å². The van der Waals surface area contributed by atoms with Crippen LogP contribution in [0.5, 0.6) is 5.75 Å². The number of hydrogen-bond acceptors (Lipinski definition) is 6. The zero-order valence-corrected chi connectivity index (χ0v) is 16.0. The van der Waals surface area contributed by atoms with E-state index < -0.39 is 29.5 Å². The molecule has 8 nitrogen and oxygen atoms in total. The van der Waals surface area contributed by atoms with E-state index in [-0.39, 0.29) is 17.5 Å². The molecule has 0 radical (unpaired) electrons. The van der Waals surface area contributed by atoms with Gasteiger partial charge in [0.1, 0.15) is 0 Å². The summed E-state index contributed by atoms with van der Waals surface area (Å²) in [7, 11) is 0. The standard InChI is InChI=1S/C21H22N2O6/c1-14(21(25)22-17-10-6-8-15-7-2-3-9-16(15)17)29-20(24)13-28-19-12-5-4-11-18(19)23(26)27/h2-5,7,9,11-12,14,17H,6,8,10,13H2,1H3,(H,22,25)/t14-,17-/m0/s1. The Bertz CT molecular complexity index is 914. The van der Waals surface area contributed by atoms with Crippen LogP contribution < -0.4 is 10.1 Å². The van der Waals surface area contributed by atoms with Crippen LogP contribution in [0.3, 0.4) is 0 Å². The number of carbonyl (C=O) groups excluding carboxylic acids is 2. The van der Waals surface area contributed by atoms with Crippen LogP contribution in [0.2, 0.25) is 0 Å². The second-order valence-electron chi connectivity index (χ2n) is 6.80. The average Bonchev–Trinajstić information content (AvgIpc) is 2.72. The largest absolute Gasteiger partial charge is 0.475 e. The lowest BCUT2D eigenvalue weighted by molar-refractivity contribution is -0.385. The first-order valence-corrected chi connectivity index (χ1v) is 9.39. The Balaban J connectivity index is 1.52. The zero-order valence-electron chi connectivity index (χ0n) is 16.0. The maximum Gasteiger partial charge on any atom is 0.344 e. The van der Waals surface area contributed by atoms with Crippen molar-refractivity contribution in [2.75, 3.05) is 6.61 Å². The molecule has 3 rings (SSSR count). The molecule has 2 aromatic carbocycles. The summed E-state index contributed by atoms with van der Waals surface area (Å²) in [6, 6.07) is 13.6. The molecule has 1 aliphatic carbocycles. The molecule has 8 heteroatoms. The van der Waals surface area contributed by atoms with Gasteiger partial charge in [0.15, 0.2) is 18.5 Å². The van der Waals surface area contributed by atoms with Gasteiger partial charge in [0, 0.05) is 6.07 Å². The van der Waals surface area contributed by atoms with E-state index >= 15 is 0 Å². The molecule has 1 amide bonds. The van der Waals surface area contributed by atoms with E-state index in [1.54, 1.807) is 6.07 Å². The van der Waals surface area contributed by atoms with Crippen molar-refractivity contribution >= 4 is 17.6 Å². The molecule has 0 fully saturated rings. The van der Waals surface area contributed by atoms with E-state index in [2.05, 4.69) is 11.4 Å². The predicted octanol–water partition coefficient (Wildman–Crippen LogP) is 3.10. The number of carbonyl (C=O) groups is 2. The van der Waals surface area contributed by atoms with Gasteiger partial charge in [-0.05, 0) is 43.4 Å². The van der Waals surface area contributed by atoms with Crippen LogP contribution in [0.25, 0.3) is 0 Å². The summed E-state index contributed by atoms with van der Waals surface area (Å²) in [6.07, 6.45) is 1.77. The lowest BCUT2D eigenvalue weighted by Crippen LogP contribution is -2.39. The van der Waals surface area contributed by atoms with Gasteiger partial charge in [-0.25, -0.2) is 4.79 Å². The van der Waals surface area contributed by atoms with Gasteiger partial charge in [0.05, 0.1) is 11.0 Å². The monoisotopic (exact) mass is 398 g/mol. The zero-order chi connectivity index (χ0) is 20.8. The number of hydrogen-bond donors (Lipinski definition) is 1. The van der Waals surface area contributed by atoms with Crippen LogP contribution in [0, 0.1) is 10.1 Å². The van der Waals surface area contributed by atoms with Gasteiger partial charge < -0.3 is 14.8 Å². The van der Waals surface area contributed by atoms with E-state index in [0.29, 0.717) is 0 Å². The van der Waals surface area contributed by atoms with E-state index in [1.807, 2.05) is 18.2 Å². The Labute approximate surface area is 168 Å². The van der Waals surface area contributed by atoms with Gasteiger partial charge in [0.25, 0.3) is 5.91 Å². The number of rotatable bonds is 7. The Hall–Kier alpha value is -3.42. The fraction of sp³-hybridized carbons (Fsp3) is 0.333. The molecular formula is C21H22N2O6. The molecule has 0 bridgehead atoms. The topological polar surface area (TPSA) is 108 Å². The average molecular weight is 398 g/mol. The van der Waals surface area contributed by atoms with Crippen LogP contribution in [0.1, 0.15) is 36.9 Å². The van der Waals surface area contributed by atoms with Crippen LogP contribution in [-0.2, 0) is 20.7 Å². The minimum absolute atomic E-state index is 0.0367. The molecule has 0 saturated heterocycles. The highest BCUT2D eigenvalue weighted by Gasteiger charge is 2.25. The molecule has 2 aromatic rings. The molecule has 0 aromatic heterocycles. The number of nitro benzene ring substituents is 1. The summed E-state index contributed by atoms with van der Waals surface area (Å²) in [5.41, 5.74) is 2.05. The summed E-state index contributed by atoms with van der Waals surface area (Å²) in [4.78, 5) is 34.8. The van der Waals surface area contributed by atoms with Crippen LogP contribution >= 0.6 is 0 Å². The van der Waals surface area contributed by atoms with Crippen molar-refractivity contribution in [3.63, 3.8) is 0 Å². The first-order chi connectivity index (χ1) is 14.0. The number of para-hydroxylation sites is 2. The number of aryl methyl sites for hydroxylation is 1. The Morgan fingerprint density at radius 3 is 2.72 bits per heavy atom. The highest BCUT2D eigenvalue weighted by Crippen LogP contribution is 2.29. The molecule has 0 saturated carbocycles. The molecule has 152 valence electrons. The summed E-state index contributed by atoms with van der Waals surface area (Å²) in [6.45, 7) is 0.946. The quantitative estimate of drug-likeness (QED) is 0.436. The lowest BCUT2D eigenvalue weighted by atomic mass is 9.87. The van der Waals surface area contributed by atoms with Crippen molar-refractivity contribution in [2.45, 2.75) is 38.3 Å². The number of ether oxygens (including phenoxy) is 2. The molecule has 0 unspecified atom stereocenters. The number of esters is 1. The Morgan fingerprint density at radius 2 is 1.93 bits per heavy atom. The molecule has 0 spiro atoms. The first kappa shape index (κ1) is 20.3. The number of amides is 1. The molecule has 1 aliphatic rings. The summed E-state index contributed by atoms with van der Waals surface area (Å²) >= 11 is 0. The van der Waals surface area contributed by atoms with Gasteiger partial charge in [-0.2, -0.15) is 0 Å². The fourth-order valence-electron chi connectivity index (χ4n) is 3.34. The van der Waals surface area contributed by atoms with Crippen LogP contribution in [0.4, 0.5) is 5.69 Å². The number of nitrogens with zero attached hydrogens (tertiary/aromatic N) is 1. The van der Waals surface area contributed by atoms with Crippen molar-refractivity contribution in [1.82, 2.24) is 5.32 Å². The number of nitrogens with one attached hydrogen (secondary N) is 1. The fourth-order valence-corrected chi connectivity index (χ4v) is 3.34. The van der Waals surface area contributed by atoms with Crippen molar-refractivity contribution in [3.8, 4) is 5.75 Å². The second kappa shape index (κ2) is 9.18. The third kappa shape index (κ3) is 5.10.